The maximum absolute atomic E-state index is 12.5. The number of hydrogen-bond donors (Lipinski definition) is 1. The standard InChI is InChI=1S/C18H25N3O3/c1-5-18(6-2)16(23)21(17(24)19-18)12-15(22)20(4)11-14-9-7-13(3)8-10-14/h7-10H,5-6,11-12H2,1-4H3,(H,19,24). The lowest BCUT2D eigenvalue weighted by molar-refractivity contribution is -0.138. The van der Waals surface area contributed by atoms with Crippen molar-refractivity contribution in [1.29, 1.82) is 0 Å². The van der Waals surface area contributed by atoms with E-state index in [1.807, 2.05) is 45.0 Å². The molecule has 130 valence electrons. The van der Waals surface area contributed by atoms with Crippen LogP contribution in [0.1, 0.15) is 37.8 Å². The molecular weight excluding hydrogens is 306 g/mol. The molecule has 1 aromatic rings. The number of amides is 4. The molecular formula is C18H25N3O3. The highest BCUT2D eigenvalue weighted by Gasteiger charge is 2.49. The number of rotatable bonds is 6. The molecule has 1 aliphatic heterocycles. The van der Waals surface area contributed by atoms with Crippen molar-refractivity contribution in [3.63, 3.8) is 0 Å². The van der Waals surface area contributed by atoms with Crippen molar-refractivity contribution in [3.8, 4) is 0 Å². The van der Waals surface area contributed by atoms with Crippen LogP contribution in [0.2, 0.25) is 0 Å². The fourth-order valence-corrected chi connectivity index (χ4v) is 2.86. The van der Waals surface area contributed by atoms with Crippen molar-refractivity contribution in [2.75, 3.05) is 13.6 Å². The zero-order chi connectivity index (χ0) is 17.9. The van der Waals surface area contributed by atoms with Crippen molar-refractivity contribution >= 4 is 17.8 Å². The number of imide groups is 1. The molecule has 24 heavy (non-hydrogen) atoms. The van der Waals surface area contributed by atoms with Crippen LogP contribution in [0.5, 0.6) is 0 Å². The minimum absolute atomic E-state index is 0.227. The van der Waals surface area contributed by atoms with Crippen molar-refractivity contribution in [3.05, 3.63) is 35.4 Å². The van der Waals surface area contributed by atoms with Gasteiger partial charge in [0, 0.05) is 13.6 Å². The van der Waals surface area contributed by atoms with E-state index in [0.29, 0.717) is 19.4 Å². The summed E-state index contributed by atoms with van der Waals surface area (Å²) in [5, 5.41) is 2.73. The van der Waals surface area contributed by atoms with E-state index in [-0.39, 0.29) is 18.4 Å². The van der Waals surface area contributed by atoms with Gasteiger partial charge >= 0.3 is 6.03 Å². The maximum atomic E-state index is 12.5. The van der Waals surface area contributed by atoms with Gasteiger partial charge in [0.15, 0.2) is 0 Å². The van der Waals surface area contributed by atoms with Gasteiger partial charge < -0.3 is 10.2 Å². The second-order valence-corrected chi connectivity index (χ2v) is 6.35. The molecule has 1 N–H and O–H groups in total. The fourth-order valence-electron chi connectivity index (χ4n) is 2.86. The van der Waals surface area contributed by atoms with Crippen molar-refractivity contribution in [2.45, 2.75) is 45.7 Å². The summed E-state index contributed by atoms with van der Waals surface area (Å²) in [4.78, 5) is 39.6. The van der Waals surface area contributed by atoms with Crippen LogP contribution in [0.15, 0.2) is 24.3 Å². The fraction of sp³-hybridized carbons (Fsp3) is 0.500. The van der Waals surface area contributed by atoms with E-state index >= 15 is 0 Å². The maximum Gasteiger partial charge on any atom is 0.325 e. The van der Waals surface area contributed by atoms with Gasteiger partial charge in [0.25, 0.3) is 5.91 Å². The van der Waals surface area contributed by atoms with Gasteiger partial charge in [0.2, 0.25) is 5.91 Å². The first-order valence-corrected chi connectivity index (χ1v) is 8.26. The van der Waals surface area contributed by atoms with Gasteiger partial charge in [0.1, 0.15) is 12.1 Å². The van der Waals surface area contributed by atoms with E-state index in [2.05, 4.69) is 5.32 Å². The number of carbonyl (C=O) groups excluding carboxylic acids is 3. The largest absolute Gasteiger partial charge is 0.340 e. The van der Waals surface area contributed by atoms with E-state index < -0.39 is 11.6 Å². The summed E-state index contributed by atoms with van der Waals surface area (Å²) in [6, 6.07) is 7.42. The zero-order valence-electron chi connectivity index (χ0n) is 14.8. The molecule has 1 heterocycles. The van der Waals surface area contributed by atoms with Crippen molar-refractivity contribution < 1.29 is 14.4 Å². The number of benzene rings is 1. The minimum atomic E-state index is -0.868. The van der Waals surface area contributed by atoms with Crippen molar-refractivity contribution in [1.82, 2.24) is 15.1 Å². The normalized spacial score (nSPS) is 16.2. The van der Waals surface area contributed by atoms with E-state index in [1.54, 1.807) is 7.05 Å². The second kappa shape index (κ2) is 7.03. The Kier molecular flexibility index (Phi) is 5.26. The third-order valence-corrected chi connectivity index (χ3v) is 4.71. The Morgan fingerprint density at radius 1 is 1.17 bits per heavy atom. The molecule has 0 unspecified atom stereocenters. The van der Waals surface area contributed by atoms with Gasteiger partial charge in [-0.15, -0.1) is 0 Å². The summed E-state index contributed by atoms with van der Waals surface area (Å²) in [6.07, 6.45) is 1.02. The first kappa shape index (κ1) is 18.0. The Balaban J connectivity index is 2.02. The molecule has 0 saturated carbocycles. The first-order valence-electron chi connectivity index (χ1n) is 8.26. The predicted molar refractivity (Wildman–Crippen MR) is 91.2 cm³/mol. The highest BCUT2D eigenvalue weighted by atomic mass is 16.2. The van der Waals surface area contributed by atoms with Gasteiger partial charge in [-0.05, 0) is 25.3 Å². The van der Waals surface area contributed by atoms with Crippen LogP contribution in [-0.2, 0) is 16.1 Å². The number of nitrogens with zero attached hydrogens (tertiary/aromatic N) is 2. The van der Waals surface area contributed by atoms with Gasteiger partial charge in [-0.25, -0.2) is 4.79 Å². The van der Waals surface area contributed by atoms with E-state index in [9.17, 15) is 14.4 Å². The molecule has 1 aromatic carbocycles. The Morgan fingerprint density at radius 3 is 2.25 bits per heavy atom. The van der Waals surface area contributed by atoms with E-state index in [4.69, 9.17) is 0 Å². The third-order valence-electron chi connectivity index (χ3n) is 4.71. The average Bonchev–Trinajstić information content (AvgIpc) is 2.81. The number of aryl methyl sites for hydroxylation is 1. The van der Waals surface area contributed by atoms with Crippen LogP contribution >= 0.6 is 0 Å². The molecule has 1 aliphatic rings. The van der Waals surface area contributed by atoms with Crippen LogP contribution in [0.4, 0.5) is 4.79 Å². The SMILES string of the molecule is CCC1(CC)NC(=O)N(CC(=O)N(C)Cc2ccc(C)cc2)C1=O. The summed E-state index contributed by atoms with van der Waals surface area (Å²) in [6.45, 7) is 5.93. The molecule has 0 aromatic heterocycles. The van der Waals surface area contributed by atoms with Crippen LogP contribution in [0.25, 0.3) is 0 Å². The lowest BCUT2D eigenvalue weighted by atomic mass is 9.93. The molecule has 1 saturated heterocycles. The quantitative estimate of drug-likeness (QED) is 0.811. The molecule has 0 aliphatic carbocycles. The molecule has 6 heteroatoms. The molecule has 4 amide bonds. The zero-order valence-corrected chi connectivity index (χ0v) is 14.8. The summed E-state index contributed by atoms with van der Waals surface area (Å²) < 4.78 is 0. The van der Waals surface area contributed by atoms with Crippen LogP contribution in [-0.4, -0.2) is 46.8 Å². The van der Waals surface area contributed by atoms with E-state index in [1.165, 1.54) is 4.90 Å². The minimum Gasteiger partial charge on any atom is -0.340 e. The van der Waals surface area contributed by atoms with Crippen LogP contribution < -0.4 is 5.32 Å². The first-order chi connectivity index (χ1) is 11.3. The monoisotopic (exact) mass is 331 g/mol. The van der Waals surface area contributed by atoms with Gasteiger partial charge in [-0.3, -0.25) is 14.5 Å². The van der Waals surface area contributed by atoms with Gasteiger partial charge in [-0.1, -0.05) is 43.7 Å². The molecule has 6 nitrogen and oxygen atoms in total. The summed E-state index contributed by atoms with van der Waals surface area (Å²) in [5.74, 6) is -0.573. The highest BCUT2D eigenvalue weighted by Crippen LogP contribution is 2.24. The Bertz CT molecular complexity index is 635. The summed E-state index contributed by atoms with van der Waals surface area (Å²) in [5.41, 5.74) is 1.29. The molecule has 0 bridgehead atoms. The Morgan fingerprint density at radius 2 is 1.75 bits per heavy atom. The second-order valence-electron chi connectivity index (χ2n) is 6.35. The highest BCUT2D eigenvalue weighted by molar-refractivity contribution is 6.08. The average molecular weight is 331 g/mol. The number of nitrogens with one attached hydrogen (secondary N) is 1. The molecule has 2 rings (SSSR count). The number of carbonyl (C=O) groups is 3. The number of hydrogen-bond acceptors (Lipinski definition) is 3. The predicted octanol–water partition coefficient (Wildman–Crippen LogP) is 2.06. The lowest BCUT2D eigenvalue weighted by Crippen LogP contribution is -2.46. The number of likely N-dealkylation sites (N-methyl/N-ethyl adjacent to an activating group) is 1. The lowest BCUT2D eigenvalue weighted by Gasteiger charge is -2.24. The van der Waals surface area contributed by atoms with E-state index in [0.717, 1.165) is 16.0 Å². The third kappa shape index (κ3) is 3.42. The van der Waals surface area contributed by atoms with Crippen LogP contribution in [0.3, 0.4) is 0 Å². The smallest absolute Gasteiger partial charge is 0.325 e. The molecule has 0 atom stereocenters. The molecule has 0 radical (unpaired) electrons. The Hall–Kier alpha value is -2.37. The summed E-state index contributed by atoms with van der Waals surface area (Å²) in [7, 11) is 1.67. The number of urea groups is 1. The summed E-state index contributed by atoms with van der Waals surface area (Å²) >= 11 is 0. The van der Waals surface area contributed by atoms with Gasteiger partial charge in [-0.2, -0.15) is 0 Å². The molecule has 0 spiro atoms. The van der Waals surface area contributed by atoms with Crippen LogP contribution in [0, 0.1) is 6.92 Å². The van der Waals surface area contributed by atoms with Gasteiger partial charge in [0.05, 0.1) is 0 Å². The molecule has 1 fully saturated rings. The van der Waals surface area contributed by atoms with Crippen molar-refractivity contribution in [2.24, 2.45) is 0 Å². The topological polar surface area (TPSA) is 69.7 Å². The Labute approximate surface area is 142 Å².